The third-order valence-corrected chi connectivity index (χ3v) is 3.97. The Morgan fingerprint density at radius 3 is 3.00 bits per heavy atom. The second-order valence-electron chi connectivity index (χ2n) is 4.62. The molecule has 1 atom stereocenters. The first-order valence-corrected chi connectivity index (χ1v) is 7.07. The zero-order chi connectivity index (χ0) is 13.1. The van der Waals surface area contributed by atoms with E-state index in [4.69, 9.17) is 4.74 Å². The normalized spacial score (nSPS) is 19.9. The summed E-state index contributed by atoms with van der Waals surface area (Å²) in [5.74, 6) is 0.0945. The van der Waals surface area contributed by atoms with Gasteiger partial charge in [0, 0.05) is 11.0 Å². The van der Waals surface area contributed by atoms with Crippen molar-refractivity contribution in [2.75, 3.05) is 19.8 Å². The van der Waals surface area contributed by atoms with Gasteiger partial charge in [0.1, 0.15) is 0 Å². The Morgan fingerprint density at radius 2 is 2.33 bits per heavy atom. The topological polar surface area (TPSA) is 29.5 Å². The molecule has 2 rings (SSSR count). The second kappa shape index (κ2) is 5.85. The van der Waals surface area contributed by atoms with Crippen LogP contribution in [-0.2, 0) is 4.74 Å². The second-order valence-corrected chi connectivity index (χ2v) is 5.47. The first-order chi connectivity index (χ1) is 8.63. The van der Waals surface area contributed by atoms with Gasteiger partial charge in [-0.15, -0.1) is 0 Å². The van der Waals surface area contributed by atoms with Crippen molar-refractivity contribution in [3.05, 3.63) is 33.8 Å². The van der Waals surface area contributed by atoms with Gasteiger partial charge < -0.3 is 9.64 Å². The molecular formula is C14H18BrNO2. The van der Waals surface area contributed by atoms with Gasteiger partial charge in [0.15, 0.2) is 0 Å². The SMILES string of the molecule is CCC1COCCN1C(=O)c1ccc(C)cc1Br. The number of nitrogens with zero attached hydrogens (tertiary/aromatic N) is 1. The number of carbonyl (C=O) groups is 1. The Hall–Kier alpha value is -0.870. The molecule has 0 radical (unpaired) electrons. The molecule has 1 fully saturated rings. The fourth-order valence-corrected chi connectivity index (χ4v) is 2.87. The first-order valence-electron chi connectivity index (χ1n) is 6.28. The molecule has 0 bridgehead atoms. The van der Waals surface area contributed by atoms with Crippen LogP contribution in [0.25, 0.3) is 0 Å². The molecule has 0 aliphatic carbocycles. The van der Waals surface area contributed by atoms with Gasteiger partial charge in [-0.2, -0.15) is 0 Å². The van der Waals surface area contributed by atoms with Crippen molar-refractivity contribution in [2.45, 2.75) is 26.3 Å². The maximum atomic E-state index is 12.5. The zero-order valence-corrected chi connectivity index (χ0v) is 12.4. The molecule has 1 heterocycles. The minimum Gasteiger partial charge on any atom is -0.377 e. The molecule has 1 aliphatic heterocycles. The van der Waals surface area contributed by atoms with E-state index in [-0.39, 0.29) is 11.9 Å². The van der Waals surface area contributed by atoms with Crippen molar-refractivity contribution in [3.63, 3.8) is 0 Å². The summed E-state index contributed by atoms with van der Waals surface area (Å²) in [6.45, 7) is 6.06. The Bertz CT molecular complexity index is 447. The largest absolute Gasteiger partial charge is 0.377 e. The summed E-state index contributed by atoms with van der Waals surface area (Å²) in [5.41, 5.74) is 1.88. The monoisotopic (exact) mass is 311 g/mol. The third kappa shape index (κ3) is 2.75. The molecule has 0 spiro atoms. The van der Waals surface area contributed by atoms with E-state index in [1.54, 1.807) is 0 Å². The van der Waals surface area contributed by atoms with E-state index < -0.39 is 0 Å². The average Bonchev–Trinajstić information content (AvgIpc) is 2.38. The maximum Gasteiger partial charge on any atom is 0.255 e. The van der Waals surface area contributed by atoms with Gasteiger partial charge in [0.25, 0.3) is 5.91 Å². The van der Waals surface area contributed by atoms with E-state index in [1.807, 2.05) is 30.0 Å². The summed E-state index contributed by atoms with van der Waals surface area (Å²) in [6.07, 6.45) is 0.926. The van der Waals surface area contributed by atoms with Gasteiger partial charge in [0.05, 0.1) is 24.8 Å². The molecule has 1 aromatic carbocycles. The van der Waals surface area contributed by atoms with Crippen molar-refractivity contribution in [1.82, 2.24) is 4.90 Å². The van der Waals surface area contributed by atoms with Crippen LogP contribution in [0.5, 0.6) is 0 Å². The molecule has 1 unspecified atom stereocenters. The summed E-state index contributed by atoms with van der Waals surface area (Å²) in [4.78, 5) is 14.5. The highest BCUT2D eigenvalue weighted by molar-refractivity contribution is 9.10. The van der Waals surface area contributed by atoms with Gasteiger partial charge in [-0.3, -0.25) is 4.79 Å². The summed E-state index contributed by atoms with van der Waals surface area (Å²) < 4.78 is 6.30. The van der Waals surface area contributed by atoms with E-state index in [2.05, 4.69) is 22.9 Å². The van der Waals surface area contributed by atoms with E-state index in [9.17, 15) is 4.79 Å². The number of aryl methyl sites for hydroxylation is 1. The number of hydrogen-bond donors (Lipinski definition) is 0. The lowest BCUT2D eigenvalue weighted by Crippen LogP contribution is -2.48. The number of halogens is 1. The maximum absolute atomic E-state index is 12.5. The molecule has 1 amide bonds. The van der Waals surface area contributed by atoms with Crippen LogP contribution >= 0.6 is 15.9 Å². The minimum absolute atomic E-state index is 0.0945. The first kappa shape index (κ1) is 13.6. The quantitative estimate of drug-likeness (QED) is 0.840. The number of ether oxygens (including phenoxy) is 1. The lowest BCUT2D eigenvalue weighted by molar-refractivity contribution is -0.00284. The van der Waals surface area contributed by atoms with Crippen molar-refractivity contribution in [3.8, 4) is 0 Å². The van der Waals surface area contributed by atoms with Gasteiger partial charge in [0.2, 0.25) is 0 Å². The molecule has 0 aromatic heterocycles. The summed E-state index contributed by atoms with van der Waals surface area (Å²) in [7, 11) is 0. The van der Waals surface area contributed by atoms with E-state index in [1.165, 1.54) is 0 Å². The molecule has 4 heteroatoms. The van der Waals surface area contributed by atoms with E-state index in [0.717, 1.165) is 22.0 Å². The number of hydrogen-bond acceptors (Lipinski definition) is 2. The number of morpholine rings is 1. The predicted octanol–water partition coefficient (Wildman–Crippen LogP) is 3.01. The Labute approximate surface area is 116 Å². The van der Waals surface area contributed by atoms with Crippen LogP contribution in [0.4, 0.5) is 0 Å². The molecule has 1 saturated heterocycles. The number of rotatable bonds is 2. The van der Waals surface area contributed by atoms with E-state index >= 15 is 0 Å². The predicted molar refractivity (Wildman–Crippen MR) is 74.8 cm³/mol. The summed E-state index contributed by atoms with van der Waals surface area (Å²) in [5, 5.41) is 0. The molecule has 1 aromatic rings. The highest BCUT2D eigenvalue weighted by atomic mass is 79.9. The van der Waals surface area contributed by atoms with Crippen molar-refractivity contribution >= 4 is 21.8 Å². The Kier molecular flexibility index (Phi) is 4.40. The van der Waals surface area contributed by atoms with Gasteiger partial charge in [-0.1, -0.05) is 13.0 Å². The molecule has 98 valence electrons. The van der Waals surface area contributed by atoms with Crippen LogP contribution in [0.15, 0.2) is 22.7 Å². The van der Waals surface area contributed by atoms with Crippen LogP contribution < -0.4 is 0 Å². The van der Waals surface area contributed by atoms with Crippen molar-refractivity contribution in [1.29, 1.82) is 0 Å². The smallest absolute Gasteiger partial charge is 0.255 e. The average molecular weight is 312 g/mol. The van der Waals surface area contributed by atoms with Crippen LogP contribution in [0, 0.1) is 6.92 Å². The number of benzene rings is 1. The number of carbonyl (C=O) groups excluding carboxylic acids is 1. The van der Waals surface area contributed by atoms with Gasteiger partial charge >= 0.3 is 0 Å². The molecule has 3 nitrogen and oxygen atoms in total. The standard InChI is InChI=1S/C14H18BrNO2/c1-3-11-9-18-7-6-16(11)14(17)12-5-4-10(2)8-13(12)15/h4-5,8,11H,3,6-7,9H2,1-2H3. The Morgan fingerprint density at radius 1 is 1.56 bits per heavy atom. The lowest BCUT2D eigenvalue weighted by Gasteiger charge is -2.35. The highest BCUT2D eigenvalue weighted by Gasteiger charge is 2.27. The lowest BCUT2D eigenvalue weighted by atomic mass is 10.1. The molecule has 18 heavy (non-hydrogen) atoms. The highest BCUT2D eigenvalue weighted by Crippen LogP contribution is 2.22. The van der Waals surface area contributed by atoms with Crippen LogP contribution in [0.1, 0.15) is 29.3 Å². The molecule has 0 N–H and O–H groups in total. The van der Waals surface area contributed by atoms with Crippen LogP contribution in [0.2, 0.25) is 0 Å². The Balaban J connectivity index is 2.24. The van der Waals surface area contributed by atoms with E-state index in [0.29, 0.717) is 19.8 Å². The van der Waals surface area contributed by atoms with Crippen molar-refractivity contribution < 1.29 is 9.53 Å². The van der Waals surface area contributed by atoms with Gasteiger partial charge in [-0.05, 0) is 47.0 Å². The molecule has 0 saturated carbocycles. The van der Waals surface area contributed by atoms with Gasteiger partial charge in [-0.25, -0.2) is 0 Å². The molecule has 1 aliphatic rings. The number of amides is 1. The van der Waals surface area contributed by atoms with Crippen LogP contribution in [-0.4, -0.2) is 36.6 Å². The summed E-state index contributed by atoms with van der Waals surface area (Å²) >= 11 is 3.48. The fourth-order valence-electron chi connectivity index (χ4n) is 2.21. The van der Waals surface area contributed by atoms with Crippen molar-refractivity contribution in [2.24, 2.45) is 0 Å². The fraction of sp³-hybridized carbons (Fsp3) is 0.500. The zero-order valence-electron chi connectivity index (χ0n) is 10.8. The minimum atomic E-state index is 0.0945. The molecular weight excluding hydrogens is 294 g/mol. The third-order valence-electron chi connectivity index (χ3n) is 3.31. The van der Waals surface area contributed by atoms with Crippen LogP contribution in [0.3, 0.4) is 0 Å². The summed E-state index contributed by atoms with van der Waals surface area (Å²) in [6, 6.07) is 6.04.